The summed E-state index contributed by atoms with van der Waals surface area (Å²) in [5.74, 6) is 0. The molecule has 0 heterocycles. The zero-order chi connectivity index (χ0) is 13.7. The second-order valence-corrected chi connectivity index (χ2v) is 4.40. The van der Waals surface area contributed by atoms with Crippen LogP contribution in [0.3, 0.4) is 0 Å². The predicted octanol–water partition coefficient (Wildman–Crippen LogP) is 3.70. The van der Waals surface area contributed by atoms with Gasteiger partial charge in [-0.05, 0) is 24.6 Å². The molecule has 0 atom stereocenters. The first-order valence-electron chi connectivity index (χ1n) is 4.67. The summed E-state index contributed by atoms with van der Waals surface area (Å²) in [6.45, 7) is 1.81. The van der Waals surface area contributed by atoms with E-state index in [1.165, 1.54) is 0 Å². The predicted molar refractivity (Wildman–Crippen MR) is 72.0 cm³/mol. The number of hydrogen-bond acceptors (Lipinski definition) is 4. The Kier molecular flexibility index (Phi) is 5.12. The summed E-state index contributed by atoms with van der Waals surface area (Å²) in [7, 11) is 0. The highest BCUT2D eigenvalue weighted by atomic mass is 35.5. The Morgan fingerprint density at radius 3 is 2.44 bits per heavy atom. The minimum atomic E-state index is -0.116. The van der Waals surface area contributed by atoms with Crippen LogP contribution in [-0.4, -0.2) is 0 Å². The average Bonchev–Trinajstić information content (AvgIpc) is 2.34. The summed E-state index contributed by atoms with van der Waals surface area (Å²) >= 11 is 17.9. The molecule has 0 radical (unpaired) electrons. The molecular weight excluding hydrogens is 295 g/mol. The monoisotopic (exact) mass is 300 g/mol. The summed E-state index contributed by atoms with van der Waals surface area (Å²) in [6.07, 6.45) is 1.16. The van der Waals surface area contributed by atoms with Crippen LogP contribution < -0.4 is 9.95 Å². The van der Waals surface area contributed by atoms with E-state index in [4.69, 9.17) is 45.5 Å². The lowest BCUT2D eigenvalue weighted by Gasteiger charge is -2.17. The lowest BCUT2D eigenvalue weighted by atomic mass is 10.2. The van der Waals surface area contributed by atoms with Gasteiger partial charge in [0.2, 0.25) is 0 Å². The number of nitriles is 2. The summed E-state index contributed by atoms with van der Waals surface area (Å²) in [4.78, 5) is 0. The van der Waals surface area contributed by atoms with Crippen LogP contribution >= 0.6 is 35.0 Å². The number of rotatable bonds is 3. The van der Waals surface area contributed by atoms with E-state index in [0.29, 0.717) is 15.7 Å². The van der Waals surface area contributed by atoms with E-state index in [1.807, 2.05) is 6.92 Å². The van der Waals surface area contributed by atoms with E-state index in [-0.39, 0.29) is 5.57 Å². The van der Waals surface area contributed by atoms with Crippen LogP contribution in [0.2, 0.25) is 10.0 Å². The second kappa shape index (κ2) is 6.37. The number of nitrogens with zero attached hydrogens (tertiary/aromatic N) is 3. The molecule has 0 spiro atoms. The number of halogens is 3. The van der Waals surface area contributed by atoms with Crippen molar-refractivity contribution in [1.82, 2.24) is 5.43 Å². The third-order valence-corrected chi connectivity index (χ3v) is 2.99. The maximum Gasteiger partial charge on any atom is 0.147 e. The van der Waals surface area contributed by atoms with Crippen LogP contribution in [0.5, 0.6) is 0 Å². The topological polar surface area (TPSA) is 62.9 Å². The molecule has 1 N–H and O–H groups in total. The number of benzene rings is 1. The Labute approximate surface area is 120 Å². The van der Waals surface area contributed by atoms with Crippen molar-refractivity contribution < 1.29 is 0 Å². The van der Waals surface area contributed by atoms with Crippen molar-refractivity contribution >= 4 is 40.7 Å². The third-order valence-electron chi connectivity index (χ3n) is 2.00. The number of allylic oxidation sites excluding steroid dienone is 1. The lowest BCUT2D eigenvalue weighted by molar-refractivity contribution is 0.946. The van der Waals surface area contributed by atoms with Crippen molar-refractivity contribution in [2.75, 3.05) is 4.53 Å². The first-order chi connectivity index (χ1) is 8.49. The minimum absolute atomic E-state index is 0.116. The molecule has 18 heavy (non-hydrogen) atoms. The normalized spacial score (nSPS) is 9.00. The Bertz CT molecular complexity index is 553. The maximum atomic E-state index is 8.56. The van der Waals surface area contributed by atoms with Crippen molar-refractivity contribution in [2.24, 2.45) is 0 Å². The van der Waals surface area contributed by atoms with Gasteiger partial charge in [-0.1, -0.05) is 23.2 Å². The molecule has 0 fully saturated rings. The SMILES string of the molecule is Cc1cc(Cl)c(N(Cl)NC=C(C#N)C#N)cc1Cl. The van der Waals surface area contributed by atoms with E-state index in [1.54, 1.807) is 24.3 Å². The fourth-order valence-corrected chi connectivity index (χ4v) is 1.76. The molecule has 0 saturated heterocycles. The van der Waals surface area contributed by atoms with Gasteiger partial charge in [-0.2, -0.15) is 15.1 Å². The van der Waals surface area contributed by atoms with Crippen LogP contribution in [-0.2, 0) is 0 Å². The molecule has 1 aromatic rings. The summed E-state index contributed by atoms with van der Waals surface area (Å²) < 4.78 is 1.04. The quantitative estimate of drug-likeness (QED) is 0.525. The van der Waals surface area contributed by atoms with Gasteiger partial charge in [0.05, 0.1) is 10.7 Å². The molecule has 92 valence electrons. The molecule has 0 unspecified atom stereocenters. The lowest BCUT2D eigenvalue weighted by Crippen LogP contribution is -2.24. The van der Waals surface area contributed by atoms with E-state index in [9.17, 15) is 0 Å². The molecule has 1 rings (SSSR count). The van der Waals surface area contributed by atoms with Crippen LogP contribution in [0.25, 0.3) is 0 Å². The molecular formula is C11H7Cl3N4. The van der Waals surface area contributed by atoms with E-state index in [0.717, 1.165) is 16.3 Å². The molecule has 4 nitrogen and oxygen atoms in total. The standard InChI is InChI=1S/C11H7Cl3N4/c1-7-2-10(13)11(3-9(7)12)18(14)17-6-8(4-15)5-16/h2-3,6,17H,1H3. The molecule has 1 aromatic carbocycles. The number of nitrogens with one attached hydrogen (secondary N) is 1. The molecule has 0 saturated carbocycles. The van der Waals surface area contributed by atoms with Crippen LogP contribution in [0, 0.1) is 29.6 Å². The molecule has 0 amide bonds. The largest absolute Gasteiger partial charge is 0.289 e. The number of hydrogen-bond donors (Lipinski definition) is 1. The zero-order valence-electron chi connectivity index (χ0n) is 9.21. The van der Waals surface area contributed by atoms with E-state index < -0.39 is 0 Å². The van der Waals surface area contributed by atoms with Crippen molar-refractivity contribution in [2.45, 2.75) is 6.92 Å². The third kappa shape index (κ3) is 3.45. The van der Waals surface area contributed by atoms with Gasteiger partial charge in [-0.15, -0.1) is 0 Å². The summed E-state index contributed by atoms with van der Waals surface area (Å²) in [6, 6.07) is 6.61. The van der Waals surface area contributed by atoms with Gasteiger partial charge >= 0.3 is 0 Å². The minimum Gasteiger partial charge on any atom is -0.289 e. The highest BCUT2D eigenvalue weighted by Crippen LogP contribution is 2.31. The van der Waals surface area contributed by atoms with Crippen molar-refractivity contribution in [3.8, 4) is 12.1 Å². The van der Waals surface area contributed by atoms with Crippen molar-refractivity contribution in [1.29, 1.82) is 10.5 Å². The Balaban J connectivity index is 2.96. The number of hydrazine groups is 1. The van der Waals surface area contributed by atoms with Gasteiger partial charge in [0.25, 0.3) is 0 Å². The van der Waals surface area contributed by atoms with E-state index in [2.05, 4.69) is 5.43 Å². The first-order valence-corrected chi connectivity index (χ1v) is 5.77. The Morgan fingerprint density at radius 1 is 1.28 bits per heavy atom. The summed E-state index contributed by atoms with van der Waals surface area (Å²) in [5, 5.41) is 18.0. The molecule has 0 bridgehead atoms. The van der Waals surface area contributed by atoms with Crippen LogP contribution in [0.1, 0.15) is 5.56 Å². The van der Waals surface area contributed by atoms with Gasteiger partial charge in [0.1, 0.15) is 17.7 Å². The molecule has 0 aromatic heterocycles. The smallest absolute Gasteiger partial charge is 0.147 e. The maximum absolute atomic E-state index is 8.56. The van der Waals surface area contributed by atoms with Crippen LogP contribution in [0.15, 0.2) is 23.9 Å². The molecule has 0 aliphatic carbocycles. The molecule has 7 heteroatoms. The number of anilines is 1. The van der Waals surface area contributed by atoms with Gasteiger partial charge < -0.3 is 0 Å². The highest BCUT2D eigenvalue weighted by molar-refractivity contribution is 6.38. The Morgan fingerprint density at radius 2 is 1.89 bits per heavy atom. The molecule has 0 aliphatic rings. The highest BCUT2D eigenvalue weighted by Gasteiger charge is 2.10. The fourth-order valence-electron chi connectivity index (χ4n) is 1.07. The van der Waals surface area contributed by atoms with Gasteiger partial charge in [-0.3, -0.25) is 5.43 Å². The van der Waals surface area contributed by atoms with Gasteiger partial charge in [-0.25, -0.2) is 0 Å². The first kappa shape index (κ1) is 14.5. The Hall–Kier alpha value is -1.59. The van der Waals surface area contributed by atoms with Crippen molar-refractivity contribution in [3.05, 3.63) is 39.5 Å². The van der Waals surface area contributed by atoms with Gasteiger partial charge in [0, 0.05) is 23.0 Å². The van der Waals surface area contributed by atoms with Gasteiger partial charge in [0.15, 0.2) is 0 Å². The number of aryl methyl sites for hydroxylation is 1. The zero-order valence-corrected chi connectivity index (χ0v) is 11.5. The fraction of sp³-hybridized carbons (Fsp3) is 0.0909. The average molecular weight is 302 g/mol. The second-order valence-electron chi connectivity index (χ2n) is 3.24. The molecule has 0 aliphatic heterocycles. The van der Waals surface area contributed by atoms with Crippen molar-refractivity contribution in [3.63, 3.8) is 0 Å². The van der Waals surface area contributed by atoms with E-state index >= 15 is 0 Å². The van der Waals surface area contributed by atoms with Crippen LogP contribution in [0.4, 0.5) is 5.69 Å². The summed E-state index contributed by atoms with van der Waals surface area (Å²) in [5.41, 5.74) is 3.66.